The summed E-state index contributed by atoms with van der Waals surface area (Å²) in [4.78, 5) is 4.19. The Morgan fingerprint density at radius 2 is 2.05 bits per heavy atom. The lowest BCUT2D eigenvalue weighted by molar-refractivity contribution is 0.324. The van der Waals surface area contributed by atoms with Crippen LogP contribution in [0, 0.1) is 0 Å². The van der Waals surface area contributed by atoms with Gasteiger partial charge in [0.25, 0.3) is 0 Å². The van der Waals surface area contributed by atoms with Crippen molar-refractivity contribution in [2.75, 3.05) is 6.54 Å². The summed E-state index contributed by atoms with van der Waals surface area (Å²) in [5.41, 5.74) is 0. The molecule has 0 radical (unpaired) electrons. The molecule has 0 fully saturated rings. The summed E-state index contributed by atoms with van der Waals surface area (Å²) in [5.74, 6) is 0. The fourth-order valence-electron chi connectivity index (χ4n) is 1.76. The summed E-state index contributed by atoms with van der Waals surface area (Å²) in [6.07, 6.45) is 5.62. The third kappa shape index (κ3) is 4.26. The lowest BCUT2D eigenvalue weighted by Gasteiger charge is -2.27. The van der Waals surface area contributed by atoms with Gasteiger partial charge in [-0.25, -0.2) is 8.42 Å². The number of nitrogens with zero attached hydrogens (tertiary/aromatic N) is 2. The van der Waals surface area contributed by atoms with E-state index in [0.717, 1.165) is 19.3 Å². The van der Waals surface area contributed by atoms with E-state index in [1.54, 1.807) is 16.6 Å². The van der Waals surface area contributed by atoms with E-state index in [-0.39, 0.29) is 10.9 Å². The third-order valence-corrected chi connectivity index (χ3v) is 5.51. The molecule has 0 amide bonds. The molecule has 0 saturated carbocycles. The highest BCUT2D eigenvalue weighted by molar-refractivity contribution is 9.10. The van der Waals surface area contributed by atoms with Crippen LogP contribution < -0.4 is 0 Å². The first kappa shape index (κ1) is 16.6. The average molecular weight is 349 g/mol. The fraction of sp³-hybridized carbons (Fsp3) is 0.615. The zero-order valence-corrected chi connectivity index (χ0v) is 14.0. The highest BCUT2D eigenvalue weighted by atomic mass is 79.9. The van der Waals surface area contributed by atoms with Crippen LogP contribution in [0.25, 0.3) is 0 Å². The van der Waals surface area contributed by atoms with Crippen molar-refractivity contribution in [2.45, 2.75) is 51.0 Å². The van der Waals surface area contributed by atoms with E-state index in [1.807, 2.05) is 13.8 Å². The van der Waals surface area contributed by atoms with Gasteiger partial charge in [0, 0.05) is 29.5 Å². The van der Waals surface area contributed by atoms with Crippen molar-refractivity contribution in [1.29, 1.82) is 0 Å². The number of unbranched alkanes of at least 4 members (excludes halogenated alkanes) is 1. The Bertz CT molecular complexity index is 505. The Kier molecular flexibility index (Phi) is 6.42. The van der Waals surface area contributed by atoms with Crippen LogP contribution in [0.15, 0.2) is 27.8 Å². The highest BCUT2D eigenvalue weighted by Gasteiger charge is 2.28. The second kappa shape index (κ2) is 7.36. The number of pyridine rings is 1. The van der Waals surface area contributed by atoms with E-state index in [1.165, 1.54) is 6.20 Å². The summed E-state index contributed by atoms with van der Waals surface area (Å²) in [6, 6.07) is 1.60. The minimum Gasteiger partial charge on any atom is -0.262 e. The molecule has 0 bridgehead atoms. The monoisotopic (exact) mass is 348 g/mol. The van der Waals surface area contributed by atoms with E-state index in [0.29, 0.717) is 11.0 Å². The van der Waals surface area contributed by atoms with Gasteiger partial charge in [-0.05, 0) is 41.8 Å². The molecule has 0 aliphatic rings. The van der Waals surface area contributed by atoms with Crippen LogP contribution in [0.5, 0.6) is 0 Å². The van der Waals surface area contributed by atoms with Gasteiger partial charge in [-0.15, -0.1) is 0 Å². The highest BCUT2D eigenvalue weighted by Crippen LogP contribution is 2.22. The molecule has 6 heteroatoms. The first-order chi connectivity index (χ1) is 8.93. The lowest BCUT2D eigenvalue weighted by atomic mass is 10.2. The molecule has 0 aromatic carbocycles. The Labute approximate surface area is 124 Å². The molecule has 19 heavy (non-hydrogen) atoms. The van der Waals surface area contributed by atoms with Gasteiger partial charge in [0.2, 0.25) is 10.0 Å². The molecule has 1 rings (SSSR count). The maximum absolute atomic E-state index is 12.7. The summed E-state index contributed by atoms with van der Waals surface area (Å²) in [7, 11) is -3.47. The molecule has 0 N–H and O–H groups in total. The van der Waals surface area contributed by atoms with Gasteiger partial charge in [0.15, 0.2) is 0 Å². The summed E-state index contributed by atoms with van der Waals surface area (Å²) >= 11 is 3.27. The standard InChI is InChI=1S/C13H21BrN2O2S/c1-4-6-7-16(11(3)5-2)19(17,18)13-8-12(14)9-15-10-13/h8-11H,4-7H2,1-3H3. The van der Waals surface area contributed by atoms with E-state index < -0.39 is 10.0 Å². The molecular weight excluding hydrogens is 328 g/mol. The van der Waals surface area contributed by atoms with E-state index in [9.17, 15) is 8.42 Å². The summed E-state index contributed by atoms with van der Waals surface area (Å²) < 4.78 is 27.6. The summed E-state index contributed by atoms with van der Waals surface area (Å²) in [6.45, 7) is 6.55. The van der Waals surface area contributed by atoms with Gasteiger partial charge < -0.3 is 0 Å². The van der Waals surface area contributed by atoms with Crippen LogP contribution in [-0.2, 0) is 10.0 Å². The molecular formula is C13H21BrN2O2S. The molecule has 0 aliphatic heterocycles. The van der Waals surface area contributed by atoms with Crippen molar-refractivity contribution >= 4 is 26.0 Å². The zero-order valence-electron chi connectivity index (χ0n) is 11.6. The maximum atomic E-state index is 12.7. The molecule has 1 aromatic heterocycles. The second-order valence-electron chi connectivity index (χ2n) is 4.57. The normalized spacial score (nSPS) is 13.7. The Balaban J connectivity index is 3.11. The average Bonchev–Trinajstić information content (AvgIpc) is 2.38. The number of hydrogen-bond acceptors (Lipinski definition) is 3. The quantitative estimate of drug-likeness (QED) is 0.758. The van der Waals surface area contributed by atoms with Gasteiger partial charge in [-0.3, -0.25) is 4.98 Å². The van der Waals surface area contributed by atoms with Crippen molar-refractivity contribution in [3.63, 3.8) is 0 Å². The predicted octanol–water partition coefficient (Wildman–Crippen LogP) is 3.43. The van der Waals surface area contributed by atoms with Gasteiger partial charge in [0.05, 0.1) is 0 Å². The molecule has 0 aliphatic carbocycles. The van der Waals surface area contributed by atoms with E-state index in [4.69, 9.17) is 0 Å². The van der Waals surface area contributed by atoms with Crippen molar-refractivity contribution in [3.05, 3.63) is 22.9 Å². The van der Waals surface area contributed by atoms with E-state index in [2.05, 4.69) is 27.8 Å². The largest absolute Gasteiger partial charge is 0.262 e. The number of sulfonamides is 1. The molecule has 1 atom stereocenters. The summed E-state index contributed by atoms with van der Waals surface area (Å²) in [5, 5.41) is 0. The van der Waals surface area contributed by atoms with Crippen molar-refractivity contribution in [3.8, 4) is 0 Å². The van der Waals surface area contributed by atoms with Crippen molar-refractivity contribution < 1.29 is 8.42 Å². The maximum Gasteiger partial charge on any atom is 0.244 e. The smallest absolute Gasteiger partial charge is 0.244 e. The topological polar surface area (TPSA) is 50.3 Å². The Morgan fingerprint density at radius 1 is 1.37 bits per heavy atom. The van der Waals surface area contributed by atoms with Gasteiger partial charge in [-0.1, -0.05) is 20.3 Å². The molecule has 4 nitrogen and oxygen atoms in total. The first-order valence-corrected chi connectivity index (χ1v) is 8.79. The van der Waals surface area contributed by atoms with Crippen LogP contribution in [0.3, 0.4) is 0 Å². The van der Waals surface area contributed by atoms with Crippen molar-refractivity contribution in [1.82, 2.24) is 9.29 Å². The first-order valence-electron chi connectivity index (χ1n) is 6.55. The molecule has 1 heterocycles. The molecule has 1 unspecified atom stereocenters. The zero-order chi connectivity index (χ0) is 14.5. The SMILES string of the molecule is CCCCN(C(C)CC)S(=O)(=O)c1cncc(Br)c1. The van der Waals surface area contributed by atoms with Crippen molar-refractivity contribution in [2.24, 2.45) is 0 Å². The predicted molar refractivity (Wildman–Crippen MR) is 80.5 cm³/mol. The Morgan fingerprint density at radius 3 is 2.58 bits per heavy atom. The number of rotatable bonds is 7. The Hall–Kier alpha value is -0.460. The minimum absolute atomic E-state index is 0.00414. The lowest BCUT2D eigenvalue weighted by Crippen LogP contribution is -2.39. The van der Waals surface area contributed by atoms with E-state index >= 15 is 0 Å². The van der Waals surface area contributed by atoms with Gasteiger partial charge >= 0.3 is 0 Å². The molecule has 0 saturated heterocycles. The van der Waals surface area contributed by atoms with Crippen LogP contribution in [0.4, 0.5) is 0 Å². The number of halogens is 1. The number of aromatic nitrogens is 1. The fourth-order valence-corrected chi connectivity index (χ4v) is 4.01. The van der Waals surface area contributed by atoms with Gasteiger partial charge in [0.1, 0.15) is 4.90 Å². The van der Waals surface area contributed by atoms with Crippen LogP contribution >= 0.6 is 15.9 Å². The third-order valence-electron chi connectivity index (χ3n) is 3.10. The minimum atomic E-state index is -3.47. The second-order valence-corrected chi connectivity index (χ2v) is 7.37. The van der Waals surface area contributed by atoms with Crippen LogP contribution in [-0.4, -0.2) is 30.3 Å². The number of hydrogen-bond donors (Lipinski definition) is 0. The van der Waals surface area contributed by atoms with Crippen LogP contribution in [0.1, 0.15) is 40.0 Å². The molecule has 1 aromatic rings. The molecule has 0 spiro atoms. The van der Waals surface area contributed by atoms with Crippen LogP contribution in [0.2, 0.25) is 0 Å². The molecule has 108 valence electrons. The van der Waals surface area contributed by atoms with Gasteiger partial charge in [-0.2, -0.15) is 4.31 Å².